The maximum Gasteiger partial charge on any atom is 0.235 e. The van der Waals surface area contributed by atoms with E-state index >= 15 is 0 Å². The normalized spacial score (nSPS) is 16.8. The highest BCUT2D eigenvalue weighted by Gasteiger charge is 2.42. The first-order valence-corrected chi connectivity index (χ1v) is 5.61. The van der Waals surface area contributed by atoms with Crippen LogP contribution >= 0.6 is 0 Å². The van der Waals surface area contributed by atoms with Gasteiger partial charge in [0.15, 0.2) is 11.5 Å². The number of aryl methyl sites for hydroxylation is 1. The van der Waals surface area contributed by atoms with Crippen molar-refractivity contribution in [2.24, 2.45) is 4.99 Å². The minimum absolute atomic E-state index is 0.0838. The zero-order valence-corrected chi connectivity index (χ0v) is 9.99. The van der Waals surface area contributed by atoms with Crippen molar-refractivity contribution in [2.75, 3.05) is 7.11 Å². The lowest BCUT2D eigenvalue weighted by atomic mass is 9.70. The molecule has 0 saturated heterocycles. The van der Waals surface area contributed by atoms with E-state index in [1.165, 1.54) is 7.11 Å². The number of aliphatic imine (C=N–C) groups is 1. The summed E-state index contributed by atoms with van der Waals surface area (Å²) in [5.74, 6) is 0.504. The monoisotopic (exact) mass is 233 g/mol. The molecule has 0 bridgehead atoms. The van der Waals surface area contributed by atoms with Crippen LogP contribution in [0.1, 0.15) is 30.4 Å². The van der Waals surface area contributed by atoms with Gasteiger partial charge in [0, 0.05) is 5.56 Å². The molecule has 90 valence electrons. The third-order valence-electron chi connectivity index (χ3n) is 3.46. The van der Waals surface area contributed by atoms with E-state index in [2.05, 4.69) is 4.99 Å². The molecule has 2 rings (SSSR count). The summed E-state index contributed by atoms with van der Waals surface area (Å²) >= 11 is 0. The first-order chi connectivity index (χ1) is 8.14. The zero-order chi connectivity index (χ0) is 12.5. The van der Waals surface area contributed by atoms with Crippen molar-refractivity contribution in [3.63, 3.8) is 0 Å². The summed E-state index contributed by atoms with van der Waals surface area (Å²) in [6.45, 7) is 1.93. The van der Waals surface area contributed by atoms with Gasteiger partial charge in [-0.1, -0.05) is 6.07 Å². The van der Waals surface area contributed by atoms with Crippen LogP contribution in [0, 0.1) is 6.92 Å². The van der Waals surface area contributed by atoms with Gasteiger partial charge in [0.05, 0.1) is 7.11 Å². The van der Waals surface area contributed by atoms with Crippen molar-refractivity contribution >= 4 is 6.08 Å². The molecule has 0 aromatic heterocycles. The lowest BCUT2D eigenvalue weighted by Gasteiger charge is -2.39. The Morgan fingerprint density at radius 2 is 2.18 bits per heavy atom. The van der Waals surface area contributed by atoms with Gasteiger partial charge >= 0.3 is 0 Å². The fourth-order valence-electron chi connectivity index (χ4n) is 2.47. The average Bonchev–Trinajstić information content (AvgIpc) is 2.27. The molecule has 0 spiro atoms. The zero-order valence-electron chi connectivity index (χ0n) is 9.99. The van der Waals surface area contributed by atoms with Gasteiger partial charge in [-0.15, -0.1) is 0 Å². The van der Waals surface area contributed by atoms with Crippen LogP contribution in [0.15, 0.2) is 17.1 Å². The average molecular weight is 233 g/mol. The van der Waals surface area contributed by atoms with Gasteiger partial charge in [-0.3, -0.25) is 0 Å². The Kier molecular flexibility index (Phi) is 2.90. The summed E-state index contributed by atoms with van der Waals surface area (Å²) in [6, 6.07) is 3.40. The maximum absolute atomic E-state index is 10.6. The molecule has 1 aliphatic carbocycles. The van der Waals surface area contributed by atoms with E-state index < -0.39 is 5.54 Å². The van der Waals surface area contributed by atoms with E-state index in [1.54, 1.807) is 12.1 Å². The van der Waals surface area contributed by atoms with E-state index in [0.717, 1.165) is 30.4 Å². The number of aromatic hydroxyl groups is 1. The van der Waals surface area contributed by atoms with Gasteiger partial charge in [0.1, 0.15) is 5.54 Å². The van der Waals surface area contributed by atoms with Gasteiger partial charge < -0.3 is 9.84 Å². The van der Waals surface area contributed by atoms with Crippen molar-refractivity contribution in [3.8, 4) is 11.5 Å². The predicted molar refractivity (Wildman–Crippen MR) is 63.0 cm³/mol. The number of benzene rings is 1. The summed E-state index contributed by atoms with van der Waals surface area (Å²) in [4.78, 5) is 14.5. The summed E-state index contributed by atoms with van der Waals surface area (Å²) in [6.07, 6.45) is 4.25. The molecule has 17 heavy (non-hydrogen) atoms. The Morgan fingerprint density at radius 3 is 2.65 bits per heavy atom. The highest BCUT2D eigenvalue weighted by atomic mass is 16.5. The third kappa shape index (κ3) is 1.71. The molecule has 0 radical (unpaired) electrons. The minimum atomic E-state index is -0.546. The van der Waals surface area contributed by atoms with Crippen LogP contribution in [0.2, 0.25) is 0 Å². The van der Waals surface area contributed by atoms with Crippen molar-refractivity contribution in [1.82, 2.24) is 0 Å². The molecular formula is C13H15NO3. The predicted octanol–water partition coefficient (Wildman–Crippen LogP) is 2.42. The van der Waals surface area contributed by atoms with Gasteiger partial charge in [-0.2, -0.15) is 4.99 Å². The molecule has 0 amide bonds. The van der Waals surface area contributed by atoms with E-state index in [4.69, 9.17) is 4.74 Å². The Labute approximate surface area is 99.9 Å². The summed E-state index contributed by atoms with van der Waals surface area (Å²) in [7, 11) is 1.51. The van der Waals surface area contributed by atoms with Gasteiger partial charge in [-0.05, 0) is 37.8 Å². The molecule has 1 fully saturated rings. The van der Waals surface area contributed by atoms with Crippen LogP contribution in [-0.4, -0.2) is 18.3 Å². The molecule has 4 nitrogen and oxygen atoms in total. The van der Waals surface area contributed by atoms with Crippen LogP contribution in [0.3, 0.4) is 0 Å². The SMILES string of the molecule is COc1c(O)ccc(C)c1C1(N=C=O)CCC1. The Bertz CT molecular complexity index is 486. The maximum atomic E-state index is 10.6. The van der Waals surface area contributed by atoms with Gasteiger partial charge in [0.2, 0.25) is 6.08 Å². The van der Waals surface area contributed by atoms with Crippen molar-refractivity contribution in [1.29, 1.82) is 0 Å². The fraction of sp³-hybridized carbons (Fsp3) is 0.462. The van der Waals surface area contributed by atoms with E-state index in [9.17, 15) is 9.90 Å². The molecule has 0 aliphatic heterocycles. The molecule has 4 heteroatoms. The third-order valence-corrected chi connectivity index (χ3v) is 3.46. The second kappa shape index (κ2) is 4.22. The number of rotatable bonds is 3. The highest BCUT2D eigenvalue weighted by Crippen LogP contribution is 2.51. The molecule has 1 aromatic rings. The summed E-state index contributed by atoms with van der Waals surface area (Å²) in [5, 5.41) is 9.80. The lowest BCUT2D eigenvalue weighted by molar-refractivity contribution is 0.242. The second-order valence-corrected chi connectivity index (χ2v) is 4.40. The number of phenols is 1. The number of hydrogen-bond donors (Lipinski definition) is 1. The van der Waals surface area contributed by atoms with Crippen LogP contribution < -0.4 is 4.74 Å². The molecular weight excluding hydrogens is 218 g/mol. The number of carbonyl (C=O) groups excluding carboxylic acids is 1. The fourth-order valence-corrected chi connectivity index (χ4v) is 2.47. The van der Waals surface area contributed by atoms with E-state index in [0.29, 0.717) is 5.75 Å². The quantitative estimate of drug-likeness (QED) is 0.644. The molecule has 1 aliphatic rings. The number of methoxy groups -OCH3 is 1. The smallest absolute Gasteiger partial charge is 0.235 e. The number of ether oxygens (including phenoxy) is 1. The lowest BCUT2D eigenvalue weighted by Crippen LogP contribution is -2.33. The highest BCUT2D eigenvalue weighted by molar-refractivity contribution is 5.55. The standard InChI is InChI=1S/C13H15NO3/c1-9-4-5-10(16)12(17-2)11(9)13(14-8-15)6-3-7-13/h4-5,16H,3,6-7H2,1-2H3. The Morgan fingerprint density at radius 1 is 1.47 bits per heavy atom. The largest absolute Gasteiger partial charge is 0.504 e. The first-order valence-electron chi connectivity index (χ1n) is 5.61. The first kappa shape index (κ1) is 11.7. The van der Waals surface area contributed by atoms with Crippen LogP contribution in [0.5, 0.6) is 11.5 Å². The van der Waals surface area contributed by atoms with E-state index in [-0.39, 0.29) is 5.75 Å². The molecule has 0 atom stereocenters. The van der Waals surface area contributed by atoms with Crippen molar-refractivity contribution in [2.45, 2.75) is 31.7 Å². The number of nitrogens with zero attached hydrogens (tertiary/aromatic N) is 1. The topological polar surface area (TPSA) is 58.9 Å². The number of isocyanates is 1. The van der Waals surface area contributed by atoms with Crippen molar-refractivity contribution < 1.29 is 14.6 Å². The molecule has 1 N–H and O–H groups in total. The summed E-state index contributed by atoms with van der Waals surface area (Å²) in [5.41, 5.74) is 1.24. The van der Waals surface area contributed by atoms with Gasteiger partial charge in [-0.25, -0.2) is 4.79 Å². The molecule has 1 aromatic carbocycles. The number of hydrogen-bond acceptors (Lipinski definition) is 4. The molecule has 0 heterocycles. The van der Waals surface area contributed by atoms with Gasteiger partial charge in [0.25, 0.3) is 0 Å². The summed E-state index contributed by atoms with van der Waals surface area (Å²) < 4.78 is 5.25. The molecule has 0 unspecified atom stereocenters. The van der Waals surface area contributed by atoms with Crippen molar-refractivity contribution in [3.05, 3.63) is 23.3 Å². The number of phenolic OH excluding ortho intramolecular Hbond substituents is 1. The second-order valence-electron chi connectivity index (χ2n) is 4.40. The minimum Gasteiger partial charge on any atom is -0.504 e. The Balaban J connectivity index is 2.64. The van der Waals surface area contributed by atoms with Crippen LogP contribution in [0.4, 0.5) is 0 Å². The molecule has 1 saturated carbocycles. The Hall–Kier alpha value is -1.80. The van der Waals surface area contributed by atoms with Crippen LogP contribution in [0.25, 0.3) is 0 Å². The van der Waals surface area contributed by atoms with Crippen LogP contribution in [-0.2, 0) is 10.3 Å². The van der Waals surface area contributed by atoms with E-state index in [1.807, 2.05) is 13.0 Å².